The van der Waals surface area contributed by atoms with Crippen molar-refractivity contribution in [2.24, 2.45) is 0 Å². The quantitative estimate of drug-likeness (QED) is 0.759. The maximum Gasteiger partial charge on any atom is 0.133 e. The van der Waals surface area contributed by atoms with Gasteiger partial charge in [0.2, 0.25) is 0 Å². The molecule has 0 bridgehead atoms. The Morgan fingerprint density at radius 1 is 0.957 bits per heavy atom. The summed E-state index contributed by atoms with van der Waals surface area (Å²) < 4.78 is 2.08. The molecule has 0 aliphatic carbocycles. The highest BCUT2D eigenvalue weighted by Crippen LogP contribution is 2.35. The van der Waals surface area contributed by atoms with Gasteiger partial charge in [0.1, 0.15) is 5.82 Å². The first-order valence-electron chi connectivity index (χ1n) is 8.14. The molecule has 3 nitrogen and oxygen atoms in total. The zero-order valence-corrected chi connectivity index (χ0v) is 13.9. The molecule has 0 amide bonds. The van der Waals surface area contributed by atoms with Crippen LogP contribution in [0.5, 0.6) is 0 Å². The minimum Gasteiger partial charge on any atom is -0.369 e. The van der Waals surface area contributed by atoms with Gasteiger partial charge < -0.3 is 5.32 Å². The standard InChI is InChI=1S/C20H21N3/c1-13-4-7-16(8-5-13)19-17-10-11-21-20(17)23(22-19)18-9-6-14(2)12-15(18)3/h4-9,12,21H,10-11H2,1-3H3. The molecule has 0 fully saturated rings. The second-order valence-corrected chi connectivity index (χ2v) is 6.42. The summed E-state index contributed by atoms with van der Waals surface area (Å²) in [7, 11) is 0. The summed E-state index contributed by atoms with van der Waals surface area (Å²) in [6.07, 6.45) is 1.03. The van der Waals surface area contributed by atoms with Crippen molar-refractivity contribution in [2.75, 3.05) is 11.9 Å². The van der Waals surface area contributed by atoms with Crippen LogP contribution in [0.2, 0.25) is 0 Å². The highest BCUT2D eigenvalue weighted by Gasteiger charge is 2.24. The fourth-order valence-electron chi connectivity index (χ4n) is 3.34. The lowest BCUT2D eigenvalue weighted by Crippen LogP contribution is -2.05. The molecule has 3 heteroatoms. The molecule has 0 atom stereocenters. The Kier molecular flexibility index (Phi) is 3.22. The average Bonchev–Trinajstić information content (AvgIpc) is 3.11. The lowest BCUT2D eigenvalue weighted by molar-refractivity contribution is 0.874. The van der Waals surface area contributed by atoms with Crippen molar-refractivity contribution >= 4 is 5.82 Å². The summed E-state index contributed by atoms with van der Waals surface area (Å²) in [5.74, 6) is 1.15. The maximum atomic E-state index is 4.95. The molecular weight excluding hydrogens is 282 g/mol. The minimum atomic E-state index is 0.983. The predicted molar refractivity (Wildman–Crippen MR) is 95.4 cm³/mol. The van der Waals surface area contributed by atoms with E-state index >= 15 is 0 Å². The van der Waals surface area contributed by atoms with Gasteiger partial charge in [0.25, 0.3) is 0 Å². The lowest BCUT2D eigenvalue weighted by atomic mass is 10.1. The van der Waals surface area contributed by atoms with Crippen molar-refractivity contribution in [3.05, 3.63) is 64.7 Å². The molecule has 0 saturated heterocycles. The van der Waals surface area contributed by atoms with Gasteiger partial charge >= 0.3 is 0 Å². The molecule has 0 unspecified atom stereocenters. The Labute approximate surface area is 137 Å². The van der Waals surface area contributed by atoms with E-state index in [4.69, 9.17) is 5.10 Å². The van der Waals surface area contributed by atoms with Gasteiger partial charge in [-0.2, -0.15) is 5.10 Å². The summed E-state index contributed by atoms with van der Waals surface area (Å²) in [6.45, 7) is 7.37. The SMILES string of the molecule is Cc1ccc(-c2nn(-c3ccc(C)cc3C)c3c2CCN3)cc1. The molecule has 116 valence electrons. The van der Waals surface area contributed by atoms with Crippen LogP contribution < -0.4 is 5.32 Å². The van der Waals surface area contributed by atoms with E-state index < -0.39 is 0 Å². The van der Waals surface area contributed by atoms with Gasteiger partial charge in [-0.1, -0.05) is 47.5 Å². The van der Waals surface area contributed by atoms with E-state index in [2.05, 4.69) is 73.2 Å². The number of aryl methyl sites for hydroxylation is 3. The highest BCUT2D eigenvalue weighted by atomic mass is 15.3. The zero-order chi connectivity index (χ0) is 16.0. The summed E-state index contributed by atoms with van der Waals surface area (Å²) >= 11 is 0. The molecule has 4 rings (SSSR count). The topological polar surface area (TPSA) is 29.9 Å². The molecular formula is C20H21N3. The van der Waals surface area contributed by atoms with Gasteiger partial charge in [-0.15, -0.1) is 0 Å². The third kappa shape index (κ3) is 2.33. The summed E-state index contributed by atoms with van der Waals surface area (Å²) in [5, 5.41) is 8.46. The fourth-order valence-corrected chi connectivity index (χ4v) is 3.34. The number of nitrogens with one attached hydrogen (secondary N) is 1. The van der Waals surface area contributed by atoms with Gasteiger partial charge in [-0.3, -0.25) is 0 Å². The van der Waals surface area contributed by atoms with Crippen molar-refractivity contribution in [3.8, 4) is 16.9 Å². The largest absolute Gasteiger partial charge is 0.369 e. The van der Waals surface area contributed by atoms with E-state index in [0.717, 1.165) is 30.2 Å². The average molecular weight is 303 g/mol. The van der Waals surface area contributed by atoms with Gasteiger partial charge in [0.05, 0.1) is 11.4 Å². The van der Waals surface area contributed by atoms with Crippen molar-refractivity contribution < 1.29 is 0 Å². The van der Waals surface area contributed by atoms with E-state index in [-0.39, 0.29) is 0 Å². The first kappa shape index (κ1) is 14.1. The number of hydrogen-bond acceptors (Lipinski definition) is 2. The monoisotopic (exact) mass is 303 g/mol. The molecule has 3 aromatic rings. The van der Waals surface area contributed by atoms with Crippen LogP contribution in [0.4, 0.5) is 5.82 Å². The molecule has 0 spiro atoms. The smallest absolute Gasteiger partial charge is 0.133 e. The Hall–Kier alpha value is -2.55. The highest BCUT2D eigenvalue weighted by molar-refractivity contribution is 5.73. The van der Waals surface area contributed by atoms with Crippen LogP contribution >= 0.6 is 0 Å². The van der Waals surface area contributed by atoms with Crippen LogP contribution in [0.1, 0.15) is 22.3 Å². The van der Waals surface area contributed by atoms with Gasteiger partial charge in [-0.05, 0) is 38.8 Å². The predicted octanol–water partition coefficient (Wildman–Crippen LogP) is 4.43. The van der Waals surface area contributed by atoms with Gasteiger partial charge in [-0.25, -0.2) is 4.68 Å². The number of rotatable bonds is 2. The van der Waals surface area contributed by atoms with Crippen LogP contribution in [0, 0.1) is 20.8 Å². The van der Waals surface area contributed by atoms with Crippen LogP contribution in [0.3, 0.4) is 0 Å². The van der Waals surface area contributed by atoms with Crippen LogP contribution in [0.15, 0.2) is 42.5 Å². The molecule has 1 aromatic heterocycles. The molecule has 1 N–H and O–H groups in total. The Balaban J connectivity index is 1.89. The summed E-state index contributed by atoms with van der Waals surface area (Å²) in [5.41, 5.74) is 8.58. The Morgan fingerprint density at radius 3 is 2.43 bits per heavy atom. The van der Waals surface area contributed by atoms with Gasteiger partial charge in [0, 0.05) is 17.7 Å². The van der Waals surface area contributed by atoms with Crippen molar-refractivity contribution in [3.63, 3.8) is 0 Å². The minimum absolute atomic E-state index is 0.983. The molecule has 1 aliphatic heterocycles. The third-order valence-corrected chi connectivity index (χ3v) is 4.56. The van der Waals surface area contributed by atoms with Crippen LogP contribution in [-0.2, 0) is 6.42 Å². The second-order valence-electron chi connectivity index (χ2n) is 6.42. The number of hydrogen-bond donors (Lipinski definition) is 1. The Morgan fingerprint density at radius 2 is 1.70 bits per heavy atom. The molecule has 0 radical (unpaired) electrons. The normalized spacial score (nSPS) is 13.0. The van der Waals surface area contributed by atoms with E-state index in [0.29, 0.717) is 0 Å². The van der Waals surface area contributed by atoms with Crippen LogP contribution in [0.25, 0.3) is 16.9 Å². The molecule has 0 saturated carbocycles. The maximum absolute atomic E-state index is 4.95. The number of aromatic nitrogens is 2. The number of benzene rings is 2. The van der Waals surface area contributed by atoms with Crippen LogP contribution in [-0.4, -0.2) is 16.3 Å². The molecule has 2 aromatic carbocycles. The first-order chi connectivity index (χ1) is 11.1. The van der Waals surface area contributed by atoms with E-state index in [9.17, 15) is 0 Å². The van der Waals surface area contributed by atoms with E-state index in [1.165, 1.54) is 27.8 Å². The molecule has 1 aliphatic rings. The Bertz CT molecular complexity index is 873. The van der Waals surface area contributed by atoms with Crippen molar-refractivity contribution in [1.82, 2.24) is 9.78 Å². The molecule has 23 heavy (non-hydrogen) atoms. The third-order valence-electron chi connectivity index (χ3n) is 4.56. The zero-order valence-electron chi connectivity index (χ0n) is 13.9. The summed E-state index contributed by atoms with van der Waals surface area (Å²) in [6, 6.07) is 15.2. The summed E-state index contributed by atoms with van der Waals surface area (Å²) in [4.78, 5) is 0. The van der Waals surface area contributed by atoms with E-state index in [1.54, 1.807) is 0 Å². The lowest BCUT2D eigenvalue weighted by Gasteiger charge is -2.10. The number of nitrogens with zero attached hydrogens (tertiary/aromatic N) is 2. The van der Waals surface area contributed by atoms with Crippen molar-refractivity contribution in [2.45, 2.75) is 27.2 Å². The van der Waals surface area contributed by atoms with Gasteiger partial charge in [0.15, 0.2) is 0 Å². The molecule has 2 heterocycles. The second kappa shape index (κ2) is 5.27. The number of fused-ring (bicyclic) bond motifs is 1. The number of anilines is 1. The van der Waals surface area contributed by atoms with E-state index in [1.807, 2.05) is 0 Å². The first-order valence-corrected chi connectivity index (χ1v) is 8.14. The fraction of sp³-hybridized carbons (Fsp3) is 0.250. The van der Waals surface area contributed by atoms with Crippen molar-refractivity contribution in [1.29, 1.82) is 0 Å².